The highest BCUT2D eigenvalue weighted by Crippen LogP contribution is 2.23. The number of nitrogens with one attached hydrogen (secondary N) is 1. The zero-order chi connectivity index (χ0) is 6.97. The Labute approximate surface area is 75.9 Å². The van der Waals surface area contributed by atoms with Gasteiger partial charge in [0.25, 0.3) is 0 Å². The summed E-state index contributed by atoms with van der Waals surface area (Å²) in [5.41, 5.74) is 2.84. The van der Waals surface area contributed by atoms with Gasteiger partial charge >= 0.3 is 0 Å². The molecule has 0 bridgehead atoms. The predicted molar refractivity (Wildman–Crippen MR) is 51.4 cm³/mol. The number of halogens is 1. The zero-order valence-corrected chi connectivity index (χ0v) is 7.11. The van der Waals surface area contributed by atoms with Crippen LogP contribution in [0.4, 0.5) is 0 Å². The maximum absolute atomic E-state index is 3.51. The molecule has 0 radical (unpaired) electrons. The molecule has 0 aliphatic carbocycles. The van der Waals surface area contributed by atoms with Gasteiger partial charge in [0.15, 0.2) is 0 Å². The van der Waals surface area contributed by atoms with Gasteiger partial charge in [-0.05, 0) is 17.2 Å². The summed E-state index contributed by atoms with van der Waals surface area (Å²) in [4.78, 5) is 0. The van der Waals surface area contributed by atoms with Gasteiger partial charge in [-0.3, -0.25) is 0 Å². The lowest BCUT2D eigenvalue weighted by Gasteiger charge is -1.97. The Balaban J connectivity index is 0.000000605. The van der Waals surface area contributed by atoms with Crippen LogP contribution in [0.3, 0.4) is 0 Å². The number of hydrogen-bond acceptors (Lipinski definition) is 1. The molecule has 11 heavy (non-hydrogen) atoms. The monoisotopic (exact) mass is 213 g/mol. The van der Waals surface area contributed by atoms with Gasteiger partial charge in [-0.1, -0.05) is 35.5 Å². The molecule has 0 saturated carbocycles. The molecule has 2 heteroatoms. The molecule has 0 unspecified atom stereocenters. The molecule has 0 atom stereocenters. The van der Waals surface area contributed by atoms with E-state index in [4.69, 9.17) is 0 Å². The Kier molecular flexibility index (Phi) is 2.68. The van der Waals surface area contributed by atoms with Crippen LogP contribution in [-0.4, -0.2) is 0 Å². The molecule has 1 aliphatic heterocycles. The molecule has 0 aromatic heterocycles. The lowest BCUT2D eigenvalue weighted by atomic mass is 10.1. The summed E-state index contributed by atoms with van der Waals surface area (Å²) in [5, 5.41) is 3.30. The summed E-state index contributed by atoms with van der Waals surface area (Å²) in [6, 6.07) is 6.34. The molecule has 1 N–H and O–H groups in total. The van der Waals surface area contributed by atoms with E-state index in [9.17, 15) is 0 Å². The molecule has 0 amide bonds. The quantitative estimate of drug-likeness (QED) is 0.700. The van der Waals surface area contributed by atoms with E-state index in [1.54, 1.807) is 0 Å². The van der Waals surface area contributed by atoms with E-state index in [0.29, 0.717) is 0 Å². The Morgan fingerprint density at radius 2 is 2.09 bits per heavy atom. The second-order valence-corrected chi connectivity index (χ2v) is 3.34. The Morgan fingerprint density at radius 3 is 2.82 bits per heavy atom. The Morgan fingerprint density at radius 1 is 1.27 bits per heavy atom. The molecule has 0 fully saturated rings. The average molecular weight is 214 g/mol. The van der Waals surface area contributed by atoms with Crippen molar-refractivity contribution < 1.29 is 0 Å². The van der Waals surface area contributed by atoms with Gasteiger partial charge < -0.3 is 5.32 Å². The van der Waals surface area contributed by atoms with Crippen molar-refractivity contribution in [2.45, 2.75) is 20.5 Å². The second-order valence-electron chi connectivity index (χ2n) is 2.48. The van der Waals surface area contributed by atoms with E-state index in [2.05, 4.69) is 39.4 Å². The van der Waals surface area contributed by atoms with E-state index in [-0.39, 0.29) is 7.43 Å². The summed E-state index contributed by atoms with van der Waals surface area (Å²) >= 11 is 3.51. The van der Waals surface area contributed by atoms with Gasteiger partial charge in [0.05, 0.1) is 0 Å². The van der Waals surface area contributed by atoms with Gasteiger partial charge in [-0.15, -0.1) is 0 Å². The van der Waals surface area contributed by atoms with E-state index in [1.807, 2.05) is 0 Å². The van der Waals surface area contributed by atoms with E-state index in [0.717, 1.165) is 13.1 Å². The van der Waals surface area contributed by atoms with Crippen LogP contribution in [0, 0.1) is 0 Å². The van der Waals surface area contributed by atoms with E-state index in [1.165, 1.54) is 15.6 Å². The van der Waals surface area contributed by atoms with Crippen LogP contribution >= 0.6 is 15.9 Å². The fourth-order valence-corrected chi connectivity index (χ4v) is 1.84. The Hall–Kier alpha value is -0.340. The van der Waals surface area contributed by atoms with Gasteiger partial charge in [0, 0.05) is 17.6 Å². The van der Waals surface area contributed by atoms with Gasteiger partial charge in [0.1, 0.15) is 0 Å². The largest absolute Gasteiger partial charge is 0.309 e. The van der Waals surface area contributed by atoms with Crippen LogP contribution in [0.15, 0.2) is 22.7 Å². The first-order valence-electron chi connectivity index (χ1n) is 3.35. The summed E-state index contributed by atoms with van der Waals surface area (Å²) in [6.07, 6.45) is 0. The summed E-state index contributed by atoms with van der Waals surface area (Å²) in [7, 11) is 0. The molecule has 0 saturated heterocycles. The van der Waals surface area contributed by atoms with Crippen LogP contribution in [-0.2, 0) is 13.1 Å². The smallest absolute Gasteiger partial charge is 0.0223 e. The normalized spacial score (nSPS) is 13.9. The van der Waals surface area contributed by atoms with Crippen molar-refractivity contribution in [2.75, 3.05) is 0 Å². The molecule has 2 rings (SSSR count). The molecule has 60 valence electrons. The standard InChI is InChI=1S/C8H8BrN.CH4/c9-8-3-1-2-6-4-10-5-7(6)8;/h1-3,10H,4-5H2;1H4. The van der Waals surface area contributed by atoms with Crippen LogP contribution in [0.5, 0.6) is 0 Å². The number of fused-ring (bicyclic) bond motifs is 1. The number of rotatable bonds is 0. The van der Waals surface area contributed by atoms with Gasteiger partial charge in [0.2, 0.25) is 0 Å². The molecule has 1 aromatic carbocycles. The fourth-order valence-electron chi connectivity index (χ4n) is 1.29. The highest BCUT2D eigenvalue weighted by molar-refractivity contribution is 9.10. The van der Waals surface area contributed by atoms with E-state index >= 15 is 0 Å². The average Bonchev–Trinajstić information content (AvgIpc) is 2.36. The molecule has 1 nitrogen and oxygen atoms in total. The van der Waals surface area contributed by atoms with Gasteiger partial charge in [-0.2, -0.15) is 0 Å². The molecular weight excluding hydrogens is 202 g/mol. The third-order valence-electron chi connectivity index (χ3n) is 1.83. The highest BCUT2D eigenvalue weighted by atomic mass is 79.9. The maximum Gasteiger partial charge on any atom is 0.0223 e. The first-order valence-corrected chi connectivity index (χ1v) is 4.14. The molecule has 1 aromatic rings. The fraction of sp³-hybridized carbons (Fsp3) is 0.333. The lowest BCUT2D eigenvalue weighted by Crippen LogP contribution is -2.00. The summed E-state index contributed by atoms with van der Waals surface area (Å²) in [6.45, 7) is 2.03. The minimum atomic E-state index is 0. The van der Waals surface area contributed by atoms with Crippen LogP contribution < -0.4 is 5.32 Å². The first-order chi connectivity index (χ1) is 4.88. The van der Waals surface area contributed by atoms with Crippen LogP contribution in [0.25, 0.3) is 0 Å². The lowest BCUT2D eigenvalue weighted by molar-refractivity contribution is 0.764. The highest BCUT2D eigenvalue weighted by Gasteiger charge is 2.10. The van der Waals surface area contributed by atoms with Crippen molar-refractivity contribution in [1.29, 1.82) is 0 Å². The van der Waals surface area contributed by atoms with E-state index < -0.39 is 0 Å². The number of benzene rings is 1. The van der Waals surface area contributed by atoms with Crippen molar-refractivity contribution in [1.82, 2.24) is 5.32 Å². The minimum Gasteiger partial charge on any atom is -0.309 e. The molecule has 1 heterocycles. The first kappa shape index (κ1) is 8.75. The molecular formula is C9H12BrN. The van der Waals surface area contributed by atoms with Crippen molar-refractivity contribution >= 4 is 15.9 Å². The Bertz CT molecular complexity index is 258. The van der Waals surface area contributed by atoms with Crippen LogP contribution in [0.2, 0.25) is 0 Å². The van der Waals surface area contributed by atoms with Crippen molar-refractivity contribution in [3.8, 4) is 0 Å². The third kappa shape index (κ3) is 1.47. The van der Waals surface area contributed by atoms with Crippen LogP contribution in [0.1, 0.15) is 18.6 Å². The van der Waals surface area contributed by atoms with Crippen molar-refractivity contribution in [3.05, 3.63) is 33.8 Å². The molecule has 1 aliphatic rings. The maximum atomic E-state index is 3.51. The minimum absolute atomic E-state index is 0. The third-order valence-corrected chi connectivity index (χ3v) is 2.58. The van der Waals surface area contributed by atoms with Crippen molar-refractivity contribution in [3.63, 3.8) is 0 Å². The predicted octanol–water partition coefficient (Wildman–Crippen LogP) is 2.69. The topological polar surface area (TPSA) is 12.0 Å². The zero-order valence-electron chi connectivity index (χ0n) is 5.52. The molecule has 0 spiro atoms. The summed E-state index contributed by atoms with van der Waals surface area (Å²) < 4.78 is 1.23. The van der Waals surface area contributed by atoms with Gasteiger partial charge in [-0.25, -0.2) is 0 Å². The number of hydrogen-bond donors (Lipinski definition) is 1. The van der Waals surface area contributed by atoms with Crippen molar-refractivity contribution in [2.24, 2.45) is 0 Å². The second kappa shape index (κ2) is 3.37. The summed E-state index contributed by atoms with van der Waals surface area (Å²) in [5.74, 6) is 0. The SMILES string of the molecule is Brc1cccc2c1CNC2.C.